The molecule has 1 aliphatic rings. The molecule has 0 spiro atoms. The van der Waals surface area contributed by atoms with E-state index in [0.29, 0.717) is 0 Å². The van der Waals surface area contributed by atoms with Gasteiger partial charge < -0.3 is 9.13 Å². The van der Waals surface area contributed by atoms with Crippen molar-refractivity contribution in [1.29, 1.82) is 0 Å². The lowest BCUT2D eigenvalue weighted by Crippen LogP contribution is -2.30. The molecular weight excluding hydrogens is 724 g/mol. The Morgan fingerprint density at radius 3 is 1.74 bits per heavy atom. The van der Waals surface area contributed by atoms with E-state index in [-0.39, 0.29) is 0 Å². The topological polar surface area (TPSA) is 34.9 Å². The first-order valence-electron chi connectivity index (χ1n) is 19.7. The predicted molar refractivity (Wildman–Crippen MR) is 241 cm³/mol. The second kappa shape index (κ2) is 13.6. The average Bonchev–Trinajstić information content (AvgIpc) is 3.80. The van der Waals surface area contributed by atoms with Gasteiger partial charge in [-0.15, -0.1) is 0 Å². The number of rotatable bonds is 7. The molecule has 58 heavy (non-hydrogen) atoms. The fourth-order valence-corrected chi connectivity index (χ4v) is 12.1. The maximum Gasteiger partial charge on any atom is 0.171 e. The highest BCUT2D eigenvalue weighted by molar-refractivity contribution is 7.85. The minimum absolute atomic E-state index is 0.705. The highest BCUT2D eigenvalue weighted by Crippen LogP contribution is 2.57. The minimum Gasteiger partial charge on any atom is -0.309 e. The molecule has 10 aromatic rings. The first kappa shape index (κ1) is 34.2. The molecule has 0 N–H and O–H groups in total. The van der Waals surface area contributed by atoms with Gasteiger partial charge in [0.25, 0.3) is 0 Å². The zero-order valence-corrected chi connectivity index (χ0v) is 32.5. The van der Waals surface area contributed by atoms with Crippen LogP contribution < -0.4 is 15.9 Å². The second-order valence-corrected chi connectivity index (χ2v) is 17.8. The quantitative estimate of drug-likeness (QED) is 0.152. The first-order valence-corrected chi connectivity index (χ1v) is 21.4. The van der Waals surface area contributed by atoms with Gasteiger partial charge in [-0.2, -0.15) is 0 Å². The van der Waals surface area contributed by atoms with Gasteiger partial charge in [0.2, 0.25) is 0 Å². The Morgan fingerprint density at radius 2 is 1.02 bits per heavy atom. The van der Waals surface area contributed by atoms with Gasteiger partial charge in [-0.05, 0) is 81.9 Å². The third kappa shape index (κ3) is 5.07. The fraction of sp³-hybridized carbons (Fsp3) is 0.0185. The third-order valence-electron chi connectivity index (χ3n) is 12.0. The zero-order valence-electron chi connectivity index (χ0n) is 31.6. The molecule has 8 aromatic carbocycles. The van der Waals surface area contributed by atoms with Crippen molar-refractivity contribution < 1.29 is 4.57 Å². The van der Waals surface area contributed by atoms with Crippen LogP contribution in [0.2, 0.25) is 0 Å². The van der Waals surface area contributed by atoms with E-state index in [9.17, 15) is 0 Å². The molecule has 274 valence electrons. The molecule has 0 radical (unpaired) electrons. The Morgan fingerprint density at radius 1 is 0.431 bits per heavy atom. The SMILES string of the molecule is O=P(c1ccccc1)(c1ccccc1)c1ccc(C2(c3ccc4c(c3)c3ccccc3n4-c3ccccc3)c3ccccc3-c3ccc(-c4ccccn4)cc32)cc1. The van der Waals surface area contributed by atoms with Crippen molar-refractivity contribution >= 4 is 44.9 Å². The Labute approximate surface area is 337 Å². The number of para-hydroxylation sites is 2. The molecule has 3 nitrogen and oxygen atoms in total. The molecular formula is C54H37N2OP. The Kier molecular flexibility index (Phi) is 7.99. The minimum atomic E-state index is -3.20. The van der Waals surface area contributed by atoms with Gasteiger partial charge in [0.1, 0.15) is 0 Å². The standard InChI is InChI=1S/C54H37N2OP/c57-58(42-18-6-2-7-19-42,43-20-8-3-9-21-43)44-31-28-39(29-32-44)54(49-24-12-10-22-45(49)46-33-27-38(36-50(46)54)51-25-14-15-35-55-51)40-30-34-53-48(37-40)47-23-11-13-26-52(47)56(53)41-16-4-1-5-17-41/h1-37H. The van der Waals surface area contributed by atoms with Crippen molar-refractivity contribution in [2.45, 2.75) is 5.41 Å². The van der Waals surface area contributed by atoms with Crippen molar-refractivity contribution in [3.63, 3.8) is 0 Å². The summed E-state index contributed by atoms with van der Waals surface area (Å²) >= 11 is 0. The van der Waals surface area contributed by atoms with Crippen LogP contribution in [-0.2, 0) is 9.98 Å². The highest BCUT2D eigenvalue weighted by atomic mass is 31.2. The van der Waals surface area contributed by atoms with Gasteiger partial charge in [-0.3, -0.25) is 4.98 Å². The molecule has 1 atom stereocenters. The van der Waals surface area contributed by atoms with Crippen LogP contribution in [-0.4, -0.2) is 9.55 Å². The van der Waals surface area contributed by atoms with Crippen molar-refractivity contribution in [3.8, 4) is 28.1 Å². The lowest BCUT2D eigenvalue weighted by Gasteiger charge is -2.34. The van der Waals surface area contributed by atoms with Gasteiger partial charge in [-0.25, -0.2) is 0 Å². The number of aromatic nitrogens is 2. The normalized spacial score (nSPS) is 14.7. The summed E-state index contributed by atoms with van der Waals surface area (Å²) in [6.45, 7) is 0. The average molecular weight is 761 g/mol. The molecule has 0 aliphatic heterocycles. The van der Waals surface area contributed by atoms with Gasteiger partial charge in [0.15, 0.2) is 7.14 Å². The lowest BCUT2D eigenvalue weighted by molar-refractivity contribution is 0.592. The van der Waals surface area contributed by atoms with Crippen LogP contribution >= 0.6 is 7.14 Å². The van der Waals surface area contributed by atoms with E-state index in [0.717, 1.165) is 43.9 Å². The van der Waals surface area contributed by atoms with Crippen molar-refractivity contribution in [2.75, 3.05) is 0 Å². The van der Waals surface area contributed by atoms with Gasteiger partial charge in [-0.1, -0.05) is 170 Å². The van der Waals surface area contributed by atoms with Crippen LogP contribution in [0.5, 0.6) is 0 Å². The molecule has 0 bridgehead atoms. The zero-order chi connectivity index (χ0) is 38.7. The molecule has 0 saturated heterocycles. The van der Waals surface area contributed by atoms with E-state index in [1.165, 1.54) is 44.1 Å². The van der Waals surface area contributed by atoms with E-state index in [4.69, 9.17) is 4.98 Å². The van der Waals surface area contributed by atoms with E-state index in [2.05, 4.69) is 150 Å². The van der Waals surface area contributed by atoms with Crippen LogP contribution in [0.3, 0.4) is 0 Å². The monoisotopic (exact) mass is 760 g/mol. The van der Waals surface area contributed by atoms with E-state index < -0.39 is 12.6 Å². The summed E-state index contributed by atoms with van der Waals surface area (Å²) in [4.78, 5) is 4.79. The number of benzene rings is 8. The summed E-state index contributed by atoms with van der Waals surface area (Å²) in [6, 6.07) is 76.6. The van der Waals surface area contributed by atoms with Gasteiger partial charge in [0.05, 0.1) is 22.1 Å². The lowest BCUT2D eigenvalue weighted by atomic mass is 9.67. The number of hydrogen-bond acceptors (Lipinski definition) is 2. The number of pyridine rings is 1. The summed E-state index contributed by atoms with van der Waals surface area (Å²) in [5.74, 6) is 0. The molecule has 2 aromatic heterocycles. The predicted octanol–water partition coefficient (Wildman–Crippen LogP) is 11.8. The van der Waals surface area contributed by atoms with E-state index in [1.54, 1.807) is 0 Å². The van der Waals surface area contributed by atoms with Crippen molar-refractivity contribution in [3.05, 3.63) is 247 Å². The van der Waals surface area contributed by atoms with Crippen LogP contribution in [0.15, 0.2) is 225 Å². The molecule has 0 fully saturated rings. The van der Waals surface area contributed by atoms with Crippen LogP contribution in [0.1, 0.15) is 22.3 Å². The second-order valence-electron chi connectivity index (χ2n) is 15.0. The molecule has 1 unspecified atom stereocenters. The van der Waals surface area contributed by atoms with Crippen molar-refractivity contribution in [2.24, 2.45) is 0 Å². The summed E-state index contributed by atoms with van der Waals surface area (Å²) in [5.41, 5.74) is 11.8. The molecule has 0 amide bonds. The van der Waals surface area contributed by atoms with Crippen molar-refractivity contribution in [1.82, 2.24) is 9.55 Å². The first-order chi connectivity index (χ1) is 28.7. The maximum atomic E-state index is 15.6. The summed E-state index contributed by atoms with van der Waals surface area (Å²) < 4.78 is 18.0. The Bertz CT molecular complexity index is 3130. The maximum absolute atomic E-state index is 15.6. The summed E-state index contributed by atoms with van der Waals surface area (Å²) in [6.07, 6.45) is 1.86. The summed E-state index contributed by atoms with van der Waals surface area (Å²) in [7, 11) is -3.20. The smallest absolute Gasteiger partial charge is 0.171 e. The third-order valence-corrected chi connectivity index (χ3v) is 15.1. The van der Waals surface area contributed by atoms with Gasteiger partial charge >= 0.3 is 0 Å². The van der Waals surface area contributed by atoms with Crippen LogP contribution in [0.25, 0.3) is 49.9 Å². The molecule has 2 heterocycles. The van der Waals surface area contributed by atoms with Crippen LogP contribution in [0.4, 0.5) is 0 Å². The molecule has 4 heteroatoms. The Balaban J connectivity index is 1.21. The molecule has 11 rings (SSSR count). The Hall–Kier alpha value is -7.06. The highest BCUT2D eigenvalue weighted by Gasteiger charge is 2.47. The molecule has 1 aliphatic carbocycles. The number of nitrogens with zero attached hydrogens (tertiary/aromatic N) is 2. The molecule has 0 saturated carbocycles. The van der Waals surface area contributed by atoms with E-state index in [1.807, 2.05) is 79.0 Å². The largest absolute Gasteiger partial charge is 0.309 e. The number of hydrogen-bond donors (Lipinski definition) is 0. The van der Waals surface area contributed by atoms with E-state index >= 15 is 4.57 Å². The van der Waals surface area contributed by atoms with Gasteiger partial charge in [0, 0.05) is 44.1 Å². The number of fused-ring (bicyclic) bond motifs is 6. The fourth-order valence-electron chi connectivity index (χ4n) is 9.47. The summed E-state index contributed by atoms with van der Waals surface area (Å²) in [5, 5.41) is 4.84. The van der Waals surface area contributed by atoms with Crippen LogP contribution in [0, 0.1) is 0 Å².